The van der Waals surface area contributed by atoms with Crippen LogP contribution in [0.3, 0.4) is 0 Å². The van der Waals surface area contributed by atoms with Gasteiger partial charge in [-0.1, -0.05) is 43.2 Å². The summed E-state index contributed by atoms with van der Waals surface area (Å²) in [7, 11) is 1.55. The number of carbonyl (C=O) groups is 1. The molecule has 19 heavy (non-hydrogen) atoms. The van der Waals surface area contributed by atoms with Gasteiger partial charge in [0.25, 0.3) is 5.91 Å². The molecule has 0 aliphatic heterocycles. The van der Waals surface area contributed by atoms with E-state index in [2.05, 4.69) is 5.32 Å². The van der Waals surface area contributed by atoms with E-state index in [0.717, 1.165) is 31.2 Å². The van der Waals surface area contributed by atoms with E-state index in [1.54, 1.807) is 7.11 Å². The second kappa shape index (κ2) is 6.68. The normalized spacial score (nSPS) is 24.7. The van der Waals surface area contributed by atoms with Crippen molar-refractivity contribution in [1.82, 2.24) is 5.32 Å². The Morgan fingerprint density at radius 2 is 2.00 bits per heavy atom. The first kappa shape index (κ1) is 14.0. The first-order valence-corrected chi connectivity index (χ1v) is 6.86. The monoisotopic (exact) mass is 262 g/mol. The van der Waals surface area contributed by atoms with Crippen LogP contribution in [0.4, 0.5) is 0 Å². The molecule has 1 aliphatic rings. The van der Waals surface area contributed by atoms with Gasteiger partial charge in [0.1, 0.15) is 0 Å². The van der Waals surface area contributed by atoms with Crippen LogP contribution in [-0.4, -0.2) is 25.1 Å². The molecule has 2 rings (SSSR count). The third-order valence-electron chi connectivity index (χ3n) is 3.72. The van der Waals surface area contributed by atoms with Gasteiger partial charge in [-0.05, 0) is 18.4 Å². The van der Waals surface area contributed by atoms with Crippen molar-refractivity contribution in [3.63, 3.8) is 0 Å². The van der Waals surface area contributed by atoms with E-state index in [0.29, 0.717) is 0 Å². The summed E-state index contributed by atoms with van der Waals surface area (Å²) in [6.07, 6.45) is 3.66. The maximum Gasteiger partial charge on any atom is 0.254 e. The standard InChI is InChI=1S/C15H22N2O2/c1-19-14(11-7-3-2-4-8-11)15(18)17-13-10-6-5-9-12(13)16/h2-4,7-8,12-14H,5-6,9-10,16H2,1H3,(H,17,18). The summed E-state index contributed by atoms with van der Waals surface area (Å²) in [5, 5.41) is 3.03. The summed E-state index contributed by atoms with van der Waals surface area (Å²) in [6.45, 7) is 0. The van der Waals surface area contributed by atoms with Gasteiger partial charge in [-0.3, -0.25) is 4.79 Å². The van der Waals surface area contributed by atoms with Crippen molar-refractivity contribution in [3.05, 3.63) is 35.9 Å². The van der Waals surface area contributed by atoms with E-state index < -0.39 is 6.10 Å². The summed E-state index contributed by atoms with van der Waals surface area (Å²) in [6, 6.07) is 9.66. The van der Waals surface area contributed by atoms with Crippen LogP contribution in [0.5, 0.6) is 0 Å². The molecule has 3 N–H and O–H groups in total. The van der Waals surface area contributed by atoms with Gasteiger partial charge in [0.2, 0.25) is 0 Å². The van der Waals surface area contributed by atoms with Crippen LogP contribution < -0.4 is 11.1 Å². The van der Waals surface area contributed by atoms with Gasteiger partial charge in [0, 0.05) is 19.2 Å². The van der Waals surface area contributed by atoms with Gasteiger partial charge >= 0.3 is 0 Å². The topological polar surface area (TPSA) is 64.3 Å². The molecule has 0 saturated heterocycles. The van der Waals surface area contributed by atoms with Crippen LogP contribution in [0, 0.1) is 0 Å². The molecule has 0 radical (unpaired) electrons. The van der Waals surface area contributed by atoms with Crippen molar-refractivity contribution >= 4 is 5.91 Å². The molecule has 1 amide bonds. The highest BCUT2D eigenvalue weighted by molar-refractivity contribution is 5.82. The van der Waals surface area contributed by atoms with Crippen LogP contribution in [0.15, 0.2) is 30.3 Å². The molecule has 1 fully saturated rings. The fraction of sp³-hybridized carbons (Fsp3) is 0.533. The van der Waals surface area contributed by atoms with E-state index in [1.807, 2.05) is 30.3 Å². The van der Waals surface area contributed by atoms with Crippen LogP contribution in [0.1, 0.15) is 37.4 Å². The third-order valence-corrected chi connectivity index (χ3v) is 3.72. The van der Waals surface area contributed by atoms with Crippen molar-refractivity contribution in [3.8, 4) is 0 Å². The molecule has 4 heteroatoms. The number of hydrogen-bond acceptors (Lipinski definition) is 3. The Kier molecular flexibility index (Phi) is 4.93. The fourth-order valence-electron chi connectivity index (χ4n) is 2.62. The van der Waals surface area contributed by atoms with E-state index >= 15 is 0 Å². The zero-order valence-corrected chi connectivity index (χ0v) is 11.3. The average molecular weight is 262 g/mol. The maximum atomic E-state index is 12.3. The number of nitrogens with two attached hydrogens (primary N) is 1. The van der Waals surface area contributed by atoms with E-state index in [9.17, 15) is 4.79 Å². The summed E-state index contributed by atoms with van der Waals surface area (Å²) in [4.78, 5) is 12.3. The predicted molar refractivity (Wildman–Crippen MR) is 74.6 cm³/mol. The van der Waals surface area contributed by atoms with Crippen molar-refractivity contribution in [2.75, 3.05) is 7.11 Å². The molecule has 0 heterocycles. The molecule has 0 spiro atoms. The van der Waals surface area contributed by atoms with Gasteiger partial charge in [-0.15, -0.1) is 0 Å². The predicted octanol–water partition coefficient (Wildman–Crippen LogP) is 1.76. The number of carbonyl (C=O) groups excluding carboxylic acids is 1. The first-order valence-electron chi connectivity index (χ1n) is 6.86. The highest BCUT2D eigenvalue weighted by Crippen LogP contribution is 2.20. The highest BCUT2D eigenvalue weighted by atomic mass is 16.5. The van der Waals surface area contributed by atoms with Crippen molar-refractivity contribution < 1.29 is 9.53 Å². The zero-order chi connectivity index (χ0) is 13.7. The number of methoxy groups -OCH3 is 1. The van der Waals surface area contributed by atoms with Gasteiger partial charge < -0.3 is 15.8 Å². The summed E-state index contributed by atoms with van der Waals surface area (Å²) < 4.78 is 5.32. The van der Waals surface area contributed by atoms with Crippen molar-refractivity contribution in [2.24, 2.45) is 5.73 Å². The Morgan fingerprint density at radius 3 is 2.63 bits per heavy atom. The molecule has 0 aromatic heterocycles. The Morgan fingerprint density at radius 1 is 1.32 bits per heavy atom. The summed E-state index contributed by atoms with van der Waals surface area (Å²) in [5.41, 5.74) is 6.92. The molecule has 3 atom stereocenters. The fourth-order valence-corrected chi connectivity index (χ4v) is 2.62. The average Bonchev–Trinajstić information content (AvgIpc) is 2.43. The van der Waals surface area contributed by atoms with Crippen LogP contribution in [-0.2, 0) is 9.53 Å². The first-order chi connectivity index (χ1) is 9.22. The molecule has 1 aromatic carbocycles. The smallest absolute Gasteiger partial charge is 0.254 e. The Bertz CT molecular complexity index is 408. The van der Waals surface area contributed by atoms with E-state index in [-0.39, 0.29) is 18.0 Å². The number of rotatable bonds is 4. The molecular formula is C15H22N2O2. The SMILES string of the molecule is COC(C(=O)NC1CCCCC1N)c1ccccc1. The minimum Gasteiger partial charge on any atom is -0.367 e. The van der Waals surface area contributed by atoms with Crippen LogP contribution in [0.25, 0.3) is 0 Å². The van der Waals surface area contributed by atoms with Crippen LogP contribution in [0.2, 0.25) is 0 Å². The minimum atomic E-state index is -0.560. The molecule has 1 saturated carbocycles. The van der Waals surface area contributed by atoms with Gasteiger partial charge in [-0.25, -0.2) is 0 Å². The lowest BCUT2D eigenvalue weighted by atomic mass is 9.91. The molecular weight excluding hydrogens is 240 g/mol. The second-order valence-electron chi connectivity index (χ2n) is 5.09. The number of hydrogen-bond donors (Lipinski definition) is 2. The number of nitrogens with one attached hydrogen (secondary N) is 1. The second-order valence-corrected chi connectivity index (χ2v) is 5.09. The maximum absolute atomic E-state index is 12.3. The molecule has 4 nitrogen and oxygen atoms in total. The van der Waals surface area contributed by atoms with Crippen molar-refractivity contribution in [1.29, 1.82) is 0 Å². The molecule has 104 valence electrons. The zero-order valence-electron chi connectivity index (χ0n) is 11.3. The Balaban J connectivity index is 2.01. The molecule has 3 unspecified atom stereocenters. The molecule has 1 aromatic rings. The van der Waals surface area contributed by atoms with Gasteiger partial charge in [0.15, 0.2) is 6.10 Å². The lowest BCUT2D eigenvalue weighted by Gasteiger charge is -2.30. The van der Waals surface area contributed by atoms with Crippen molar-refractivity contribution in [2.45, 2.75) is 43.9 Å². The largest absolute Gasteiger partial charge is 0.367 e. The van der Waals surface area contributed by atoms with Crippen LogP contribution >= 0.6 is 0 Å². The number of amides is 1. The Labute approximate surface area is 114 Å². The molecule has 1 aliphatic carbocycles. The number of benzene rings is 1. The third kappa shape index (κ3) is 3.55. The number of ether oxygens (including phenoxy) is 1. The van der Waals surface area contributed by atoms with Gasteiger partial charge in [-0.2, -0.15) is 0 Å². The Hall–Kier alpha value is -1.39. The van der Waals surface area contributed by atoms with Gasteiger partial charge in [0.05, 0.1) is 0 Å². The van der Waals surface area contributed by atoms with E-state index in [1.165, 1.54) is 0 Å². The van der Waals surface area contributed by atoms with E-state index in [4.69, 9.17) is 10.5 Å². The summed E-state index contributed by atoms with van der Waals surface area (Å²) >= 11 is 0. The lowest BCUT2D eigenvalue weighted by Crippen LogP contribution is -2.50. The minimum absolute atomic E-state index is 0.0611. The highest BCUT2D eigenvalue weighted by Gasteiger charge is 2.27. The molecule has 0 bridgehead atoms. The lowest BCUT2D eigenvalue weighted by molar-refractivity contribution is -0.132. The summed E-state index contributed by atoms with van der Waals surface area (Å²) in [5.74, 6) is -0.101. The quantitative estimate of drug-likeness (QED) is 0.869.